The summed E-state index contributed by atoms with van der Waals surface area (Å²) >= 11 is 0. The van der Waals surface area contributed by atoms with Crippen molar-refractivity contribution in [1.82, 2.24) is 9.80 Å². The zero-order valence-corrected chi connectivity index (χ0v) is 22.1. The van der Waals surface area contributed by atoms with Gasteiger partial charge in [-0.05, 0) is 73.4 Å². The van der Waals surface area contributed by atoms with Crippen molar-refractivity contribution in [3.05, 3.63) is 94.8 Å². The van der Waals surface area contributed by atoms with Crippen LogP contribution in [0.2, 0.25) is 0 Å². The normalized spacial score (nSPS) is 17.9. The van der Waals surface area contributed by atoms with Gasteiger partial charge in [-0.15, -0.1) is 0 Å². The van der Waals surface area contributed by atoms with E-state index in [0.29, 0.717) is 43.1 Å². The summed E-state index contributed by atoms with van der Waals surface area (Å²) < 4.78 is 59.3. The molecule has 0 spiro atoms. The number of phenolic OH excluding ortho intramolecular Hbond substituents is 1. The molecule has 1 amide bonds. The Kier molecular flexibility index (Phi) is 8.49. The number of alkyl halides is 3. The maximum Gasteiger partial charge on any atom is 0.416 e. The fraction of sp³-hybridized carbons (Fsp3) is 0.367. The van der Waals surface area contributed by atoms with Crippen LogP contribution in [0.4, 0.5) is 17.6 Å². The summed E-state index contributed by atoms with van der Waals surface area (Å²) in [4.78, 5) is 17.2. The van der Waals surface area contributed by atoms with E-state index in [-0.39, 0.29) is 29.5 Å². The number of phenols is 1. The first-order chi connectivity index (χ1) is 18.5. The van der Waals surface area contributed by atoms with Crippen molar-refractivity contribution >= 4 is 5.91 Å². The van der Waals surface area contributed by atoms with E-state index in [1.165, 1.54) is 43.5 Å². The second-order valence-corrected chi connectivity index (χ2v) is 10.2. The van der Waals surface area contributed by atoms with Crippen molar-refractivity contribution in [3.63, 3.8) is 0 Å². The summed E-state index contributed by atoms with van der Waals surface area (Å²) in [5.74, 6) is -0.741. The fourth-order valence-corrected chi connectivity index (χ4v) is 5.22. The molecule has 0 aromatic heterocycles. The largest absolute Gasteiger partial charge is 0.504 e. The molecule has 9 heteroatoms. The molecule has 208 valence electrons. The van der Waals surface area contributed by atoms with E-state index in [2.05, 4.69) is 4.90 Å². The molecule has 3 aromatic carbocycles. The quantitative estimate of drug-likeness (QED) is 0.337. The summed E-state index contributed by atoms with van der Waals surface area (Å²) in [6, 6.07) is 15.6. The number of aromatic hydroxyl groups is 1. The van der Waals surface area contributed by atoms with Crippen molar-refractivity contribution in [2.45, 2.75) is 38.5 Å². The molecule has 1 heterocycles. The Morgan fingerprint density at radius 2 is 1.79 bits per heavy atom. The molecule has 1 N–H and O–H groups in total. The summed E-state index contributed by atoms with van der Waals surface area (Å²) in [5, 5.41) is 9.94. The van der Waals surface area contributed by atoms with E-state index < -0.39 is 17.6 Å². The molecule has 1 aliphatic heterocycles. The zero-order chi connectivity index (χ0) is 28.3. The molecule has 1 fully saturated rings. The van der Waals surface area contributed by atoms with E-state index >= 15 is 0 Å². The van der Waals surface area contributed by atoms with Crippen LogP contribution < -0.4 is 4.74 Å². The van der Waals surface area contributed by atoms with Gasteiger partial charge in [-0.1, -0.05) is 24.3 Å². The lowest BCUT2D eigenvalue weighted by Crippen LogP contribution is -2.42. The van der Waals surface area contributed by atoms with Gasteiger partial charge < -0.3 is 14.7 Å². The molecule has 0 bridgehead atoms. The first-order valence-corrected chi connectivity index (χ1v) is 12.8. The molecular formula is C30H32F4N2O3. The number of nitrogens with zero attached hydrogens (tertiary/aromatic N) is 2. The average Bonchev–Trinajstić information content (AvgIpc) is 3.30. The highest BCUT2D eigenvalue weighted by Gasteiger charge is 2.38. The first-order valence-electron chi connectivity index (χ1n) is 12.8. The number of hydrogen-bond acceptors (Lipinski definition) is 4. The monoisotopic (exact) mass is 544 g/mol. The number of carbonyl (C=O) groups is 1. The lowest BCUT2D eigenvalue weighted by molar-refractivity contribution is -0.137. The van der Waals surface area contributed by atoms with E-state index in [0.717, 1.165) is 11.6 Å². The van der Waals surface area contributed by atoms with Gasteiger partial charge in [0.2, 0.25) is 0 Å². The van der Waals surface area contributed by atoms with Crippen molar-refractivity contribution in [1.29, 1.82) is 0 Å². The highest BCUT2D eigenvalue weighted by molar-refractivity contribution is 5.94. The topological polar surface area (TPSA) is 53.0 Å². The van der Waals surface area contributed by atoms with Crippen molar-refractivity contribution < 1.29 is 32.2 Å². The Hall–Kier alpha value is -3.59. The predicted octanol–water partition coefficient (Wildman–Crippen LogP) is 6.33. The minimum Gasteiger partial charge on any atom is -0.504 e. The molecule has 0 radical (unpaired) electrons. The molecule has 0 aliphatic carbocycles. The SMILES string of the molecule is COc1cc(CN2C[C@@H](CN(C(=O)c3ccc(F)cc3)C(C)C)[C@H](c3cccc(C(F)(F)F)c3)C2)ccc1O. The molecular weight excluding hydrogens is 512 g/mol. The first kappa shape index (κ1) is 28.4. The fourth-order valence-electron chi connectivity index (χ4n) is 5.22. The van der Waals surface area contributed by atoms with Crippen LogP contribution in [0.1, 0.15) is 46.8 Å². The molecule has 2 atom stereocenters. The molecule has 1 saturated heterocycles. The van der Waals surface area contributed by atoms with Gasteiger partial charge in [-0.25, -0.2) is 4.39 Å². The third kappa shape index (κ3) is 6.71. The lowest BCUT2D eigenvalue weighted by Gasteiger charge is -2.32. The highest BCUT2D eigenvalue weighted by Crippen LogP contribution is 2.38. The molecule has 1 aliphatic rings. The summed E-state index contributed by atoms with van der Waals surface area (Å²) in [6.07, 6.45) is -4.46. The number of halogens is 4. The van der Waals surface area contributed by atoms with Crippen LogP contribution in [0.5, 0.6) is 11.5 Å². The number of likely N-dealkylation sites (tertiary alicyclic amines) is 1. The number of benzene rings is 3. The third-order valence-corrected chi connectivity index (χ3v) is 7.22. The van der Waals surface area contributed by atoms with E-state index in [1.54, 1.807) is 29.2 Å². The summed E-state index contributed by atoms with van der Waals surface area (Å²) in [5.41, 5.74) is 1.10. The molecule has 5 nitrogen and oxygen atoms in total. The van der Waals surface area contributed by atoms with Gasteiger partial charge in [0.15, 0.2) is 11.5 Å². The second kappa shape index (κ2) is 11.7. The van der Waals surface area contributed by atoms with Crippen molar-refractivity contribution in [3.8, 4) is 11.5 Å². The zero-order valence-electron chi connectivity index (χ0n) is 22.1. The number of carbonyl (C=O) groups excluding carboxylic acids is 1. The minimum absolute atomic E-state index is 0.0225. The average molecular weight is 545 g/mol. The van der Waals surface area contributed by atoms with Gasteiger partial charge in [0.1, 0.15) is 5.82 Å². The molecule has 39 heavy (non-hydrogen) atoms. The smallest absolute Gasteiger partial charge is 0.416 e. The molecule has 0 unspecified atom stereocenters. The molecule has 0 saturated carbocycles. The maximum absolute atomic E-state index is 13.5. The van der Waals surface area contributed by atoms with Gasteiger partial charge in [0.25, 0.3) is 5.91 Å². The summed E-state index contributed by atoms with van der Waals surface area (Å²) in [6.45, 7) is 5.63. The van der Waals surface area contributed by atoms with E-state index in [9.17, 15) is 27.5 Å². The Morgan fingerprint density at radius 1 is 1.08 bits per heavy atom. The van der Waals surface area contributed by atoms with Crippen molar-refractivity contribution in [2.75, 3.05) is 26.7 Å². The van der Waals surface area contributed by atoms with E-state index in [1.807, 2.05) is 13.8 Å². The highest BCUT2D eigenvalue weighted by atomic mass is 19.4. The van der Waals surface area contributed by atoms with Crippen LogP contribution in [-0.4, -0.2) is 53.6 Å². The standard InChI is InChI=1S/C30H32F4N2O3/c1-19(2)36(29(38)21-8-10-25(31)11-9-21)17-23-16-35(15-20-7-12-27(37)28(13-20)39-3)18-26(23)22-5-4-6-24(14-22)30(32,33)34/h4-14,19,23,26,37H,15-18H2,1-3H3/t23-,26-/m0/s1. The van der Waals surface area contributed by atoms with Gasteiger partial charge in [-0.2, -0.15) is 13.2 Å². The van der Waals surface area contributed by atoms with Crippen LogP contribution in [-0.2, 0) is 12.7 Å². The van der Waals surface area contributed by atoms with Crippen LogP contribution in [0, 0.1) is 11.7 Å². The minimum atomic E-state index is -4.46. The van der Waals surface area contributed by atoms with Gasteiger partial charge in [-0.3, -0.25) is 9.69 Å². The van der Waals surface area contributed by atoms with Gasteiger partial charge >= 0.3 is 6.18 Å². The Labute approximate surface area is 225 Å². The van der Waals surface area contributed by atoms with Gasteiger partial charge in [0.05, 0.1) is 12.7 Å². The number of hydrogen-bond donors (Lipinski definition) is 1. The lowest BCUT2D eigenvalue weighted by atomic mass is 9.87. The van der Waals surface area contributed by atoms with E-state index in [4.69, 9.17) is 4.74 Å². The number of amides is 1. The number of ether oxygens (including phenoxy) is 1. The Morgan fingerprint density at radius 3 is 2.44 bits per heavy atom. The van der Waals surface area contributed by atoms with Crippen LogP contribution in [0.25, 0.3) is 0 Å². The van der Waals surface area contributed by atoms with Crippen LogP contribution in [0.15, 0.2) is 66.7 Å². The predicted molar refractivity (Wildman–Crippen MR) is 140 cm³/mol. The molecule has 4 rings (SSSR count). The maximum atomic E-state index is 13.5. The van der Waals surface area contributed by atoms with Crippen molar-refractivity contribution in [2.24, 2.45) is 5.92 Å². The Balaban J connectivity index is 1.63. The number of methoxy groups -OCH3 is 1. The number of rotatable bonds is 8. The Bertz CT molecular complexity index is 1290. The second-order valence-electron chi connectivity index (χ2n) is 10.2. The summed E-state index contributed by atoms with van der Waals surface area (Å²) in [7, 11) is 1.47. The third-order valence-electron chi connectivity index (χ3n) is 7.22. The van der Waals surface area contributed by atoms with Crippen LogP contribution >= 0.6 is 0 Å². The van der Waals surface area contributed by atoms with Gasteiger partial charge in [0, 0.05) is 43.7 Å². The molecule has 3 aromatic rings. The van der Waals surface area contributed by atoms with Crippen LogP contribution in [0.3, 0.4) is 0 Å².